The van der Waals surface area contributed by atoms with Crippen LogP contribution in [0.4, 0.5) is 0 Å². The molecule has 0 fully saturated rings. The van der Waals surface area contributed by atoms with Crippen molar-refractivity contribution in [2.45, 2.75) is 0 Å². The van der Waals surface area contributed by atoms with Crippen LogP contribution in [0.1, 0.15) is 0 Å². The number of hydrogen-bond donors (Lipinski definition) is 0. The van der Waals surface area contributed by atoms with E-state index in [0.717, 1.165) is 14.3 Å². The lowest BCUT2D eigenvalue weighted by atomic mass is 10.2. The Morgan fingerprint density at radius 1 is 1.20 bits per heavy atom. The minimum Gasteiger partial charge on any atom is -0.429 e. The zero-order chi connectivity index (χ0) is 10.7. The molecule has 2 aromatic rings. The molecule has 5 heteroatoms. The highest BCUT2D eigenvalue weighted by Crippen LogP contribution is 2.30. The Balaban J connectivity index is 2.31. The van der Waals surface area contributed by atoms with Gasteiger partial charge in [-0.2, -0.15) is 0 Å². The summed E-state index contributed by atoms with van der Waals surface area (Å²) >= 11 is 5.06. The van der Waals surface area contributed by atoms with Gasteiger partial charge >= 0.3 is 0 Å². The summed E-state index contributed by atoms with van der Waals surface area (Å²) in [4.78, 5) is 11.2. The average molecular weight is 254 g/mol. The van der Waals surface area contributed by atoms with Gasteiger partial charge in [-0.1, -0.05) is 32.9 Å². The molecule has 2 rings (SSSR count). The van der Waals surface area contributed by atoms with Gasteiger partial charge in [0, 0.05) is 4.88 Å². The molecule has 1 aromatic heterocycles. The second-order valence-electron chi connectivity index (χ2n) is 2.73. The summed E-state index contributed by atoms with van der Waals surface area (Å²) in [6.07, 6.45) is 0. The summed E-state index contributed by atoms with van der Waals surface area (Å²) in [7, 11) is 3.23. The quantitative estimate of drug-likeness (QED) is 0.474. The molecule has 0 atom stereocenters. The standard InChI is InChI=1S/C10H6O2S3/c11-6-12-8-3-1-7(2-4-8)9-5-10(13)15-14-9/h1-6H. The van der Waals surface area contributed by atoms with Gasteiger partial charge in [0.1, 0.15) is 9.57 Å². The summed E-state index contributed by atoms with van der Waals surface area (Å²) in [6, 6.07) is 9.31. The normalized spacial score (nSPS) is 9.87. The van der Waals surface area contributed by atoms with Gasteiger partial charge in [-0.25, -0.2) is 0 Å². The van der Waals surface area contributed by atoms with Gasteiger partial charge in [-0.15, -0.1) is 0 Å². The van der Waals surface area contributed by atoms with Gasteiger partial charge in [0.05, 0.1) is 0 Å². The fourth-order valence-electron chi connectivity index (χ4n) is 1.13. The Bertz CT molecular complexity index is 510. The van der Waals surface area contributed by atoms with E-state index in [1.54, 1.807) is 32.8 Å². The van der Waals surface area contributed by atoms with Crippen LogP contribution >= 0.6 is 32.9 Å². The third kappa shape index (κ3) is 2.50. The number of ether oxygens (including phenoxy) is 1. The van der Waals surface area contributed by atoms with E-state index in [4.69, 9.17) is 17.0 Å². The van der Waals surface area contributed by atoms with Crippen LogP contribution in [0.25, 0.3) is 10.4 Å². The maximum atomic E-state index is 10.1. The second-order valence-corrected chi connectivity index (χ2v) is 5.64. The summed E-state index contributed by atoms with van der Waals surface area (Å²) in [5.41, 5.74) is 1.09. The van der Waals surface area contributed by atoms with Gasteiger partial charge in [0.2, 0.25) is 0 Å². The predicted molar refractivity (Wildman–Crippen MR) is 65.2 cm³/mol. The SMILES string of the molecule is O=COc1ccc(-c2cc(=S)ss2)cc1. The third-order valence-electron chi connectivity index (χ3n) is 1.79. The molecule has 0 N–H and O–H groups in total. The van der Waals surface area contributed by atoms with E-state index in [0.29, 0.717) is 12.2 Å². The van der Waals surface area contributed by atoms with Gasteiger partial charge in [0.25, 0.3) is 6.47 Å². The monoisotopic (exact) mass is 254 g/mol. The van der Waals surface area contributed by atoms with E-state index < -0.39 is 0 Å². The first-order chi connectivity index (χ1) is 7.29. The smallest absolute Gasteiger partial charge is 0.298 e. The van der Waals surface area contributed by atoms with Gasteiger partial charge in [-0.3, -0.25) is 4.79 Å². The van der Waals surface area contributed by atoms with E-state index >= 15 is 0 Å². The van der Waals surface area contributed by atoms with Crippen LogP contribution in [0.2, 0.25) is 0 Å². The Morgan fingerprint density at radius 2 is 1.93 bits per heavy atom. The van der Waals surface area contributed by atoms with E-state index in [2.05, 4.69) is 0 Å². The third-order valence-corrected chi connectivity index (χ3v) is 4.70. The van der Waals surface area contributed by atoms with Crippen LogP contribution < -0.4 is 4.74 Å². The molecular weight excluding hydrogens is 248 g/mol. The number of rotatable bonds is 3. The summed E-state index contributed by atoms with van der Waals surface area (Å²) in [6.45, 7) is 0.420. The number of carbonyl (C=O) groups is 1. The van der Waals surface area contributed by atoms with Crippen molar-refractivity contribution < 1.29 is 9.53 Å². The van der Waals surface area contributed by atoms with Crippen molar-refractivity contribution in [3.63, 3.8) is 0 Å². The number of carbonyl (C=O) groups excluding carboxylic acids is 1. The molecule has 0 aliphatic heterocycles. The fraction of sp³-hybridized carbons (Fsp3) is 0. The molecule has 0 saturated carbocycles. The van der Waals surface area contributed by atoms with E-state index in [1.165, 1.54) is 0 Å². The lowest BCUT2D eigenvalue weighted by Gasteiger charge is -1.99. The van der Waals surface area contributed by atoms with Crippen molar-refractivity contribution in [1.29, 1.82) is 0 Å². The Morgan fingerprint density at radius 3 is 2.47 bits per heavy atom. The van der Waals surface area contributed by atoms with Crippen molar-refractivity contribution in [1.82, 2.24) is 0 Å². The molecule has 0 amide bonds. The average Bonchev–Trinajstić information content (AvgIpc) is 2.67. The van der Waals surface area contributed by atoms with Crippen LogP contribution in [0.3, 0.4) is 0 Å². The molecule has 0 radical (unpaired) electrons. The van der Waals surface area contributed by atoms with Crippen molar-refractivity contribution >= 4 is 39.4 Å². The number of benzene rings is 1. The summed E-state index contributed by atoms with van der Waals surface area (Å²) in [5.74, 6) is 0.549. The predicted octanol–water partition coefficient (Wildman–Crippen LogP) is 3.74. The van der Waals surface area contributed by atoms with E-state index in [9.17, 15) is 4.79 Å². The molecule has 2 nitrogen and oxygen atoms in total. The largest absolute Gasteiger partial charge is 0.429 e. The molecule has 15 heavy (non-hydrogen) atoms. The van der Waals surface area contributed by atoms with E-state index in [-0.39, 0.29) is 0 Å². The van der Waals surface area contributed by atoms with Gasteiger partial charge in [0.15, 0.2) is 0 Å². The summed E-state index contributed by atoms with van der Waals surface area (Å²) < 4.78 is 5.60. The lowest BCUT2D eigenvalue weighted by Crippen LogP contribution is -1.87. The van der Waals surface area contributed by atoms with Gasteiger partial charge in [-0.05, 0) is 35.9 Å². The molecule has 0 unspecified atom stereocenters. The topological polar surface area (TPSA) is 26.3 Å². The Hall–Kier alpha value is -1.04. The first-order valence-corrected chi connectivity index (χ1v) is 6.66. The van der Waals surface area contributed by atoms with Crippen molar-refractivity contribution in [3.05, 3.63) is 34.2 Å². The Kier molecular flexibility index (Phi) is 3.25. The van der Waals surface area contributed by atoms with E-state index in [1.807, 2.05) is 18.2 Å². The van der Waals surface area contributed by atoms with Crippen LogP contribution in [-0.2, 0) is 4.79 Å². The highest BCUT2D eigenvalue weighted by Gasteiger charge is 2.00. The maximum absolute atomic E-state index is 10.1. The zero-order valence-corrected chi connectivity index (χ0v) is 9.95. The van der Waals surface area contributed by atoms with Crippen LogP contribution in [-0.4, -0.2) is 6.47 Å². The number of hydrogen-bond acceptors (Lipinski definition) is 5. The molecule has 76 valence electrons. The van der Waals surface area contributed by atoms with Crippen LogP contribution in [0.5, 0.6) is 5.75 Å². The molecular formula is C10H6O2S3. The van der Waals surface area contributed by atoms with Crippen molar-refractivity contribution in [2.24, 2.45) is 0 Å². The zero-order valence-electron chi connectivity index (χ0n) is 7.51. The Labute approximate surface area is 99.2 Å². The van der Waals surface area contributed by atoms with Crippen LogP contribution in [0.15, 0.2) is 30.3 Å². The first kappa shape index (κ1) is 10.5. The highest BCUT2D eigenvalue weighted by atomic mass is 32.9. The van der Waals surface area contributed by atoms with Crippen molar-refractivity contribution in [3.8, 4) is 16.2 Å². The molecule has 1 aromatic carbocycles. The molecule has 1 heterocycles. The minimum atomic E-state index is 0.420. The molecule has 0 aliphatic carbocycles. The molecule has 0 saturated heterocycles. The van der Waals surface area contributed by atoms with Gasteiger partial charge < -0.3 is 4.74 Å². The van der Waals surface area contributed by atoms with Crippen LogP contribution in [0, 0.1) is 3.82 Å². The van der Waals surface area contributed by atoms with Crippen molar-refractivity contribution in [2.75, 3.05) is 0 Å². The maximum Gasteiger partial charge on any atom is 0.298 e. The molecule has 0 spiro atoms. The highest BCUT2D eigenvalue weighted by molar-refractivity contribution is 7.80. The molecule has 0 bridgehead atoms. The molecule has 0 aliphatic rings. The summed E-state index contributed by atoms with van der Waals surface area (Å²) in [5, 5.41) is 0. The fourth-order valence-corrected chi connectivity index (χ4v) is 3.53. The second kappa shape index (κ2) is 4.65. The minimum absolute atomic E-state index is 0.420. The lowest BCUT2D eigenvalue weighted by molar-refractivity contribution is -0.120. The first-order valence-electron chi connectivity index (χ1n) is 4.10.